The molecule has 8 rings (SSSR count). The molecular formula is C56H68ClN17O11. The van der Waals surface area contributed by atoms with Crippen molar-refractivity contribution in [2.75, 3.05) is 76.8 Å². The molecule has 29 heteroatoms. The number of nitrogens with zero attached hydrogens (tertiary/aromatic N) is 9. The average Bonchev–Trinajstić information content (AvgIpc) is 3.50. The third-order valence-corrected chi connectivity index (χ3v) is 13.2. The molecule has 8 heterocycles. The van der Waals surface area contributed by atoms with Crippen molar-refractivity contribution in [2.24, 2.45) is 56.4 Å². The highest BCUT2D eigenvalue weighted by molar-refractivity contribution is 6.11. The van der Waals surface area contributed by atoms with E-state index in [9.17, 15) is 43.2 Å². The summed E-state index contributed by atoms with van der Waals surface area (Å²) in [5.41, 5.74) is 11.3. The highest BCUT2D eigenvalue weighted by atomic mass is 35.5. The third-order valence-electron chi connectivity index (χ3n) is 13.2. The molecule has 0 fully saturated rings. The first kappa shape index (κ1) is 64.0. The summed E-state index contributed by atoms with van der Waals surface area (Å²) < 4.78 is 12.5. The Morgan fingerprint density at radius 2 is 0.600 bits per heavy atom. The van der Waals surface area contributed by atoms with Crippen LogP contribution in [0, 0.1) is 0 Å². The summed E-state index contributed by atoms with van der Waals surface area (Å²) in [6.07, 6.45) is 13.9. The number of halogens is 1. The monoisotopic (exact) mass is 1190 g/mol. The Balaban J connectivity index is 0.000000274. The number of aryl methyl sites for hydroxylation is 8. The van der Waals surface area contributed by atoms with Crippen LogP contribution in [-0.2, 0) is 61.2 Å². The van der Waals surface area contributed by atoms with Crippen molar-refractivity contribution >= 4 is 111 Å². The Labute approximate surface area is 493 Å². The predicted octanol–water partition coefficient (Wildman–Crippen LogP) is 4.23. The van der Waals surface area contributed by atoms with Gasteiger partial charge < -0.3 is 94.6 Å². The minimum Gasteiger partial charge on any atom is -0.397 e. The van der Waals surface area contributed by atoms with Crippen LogP contribution in [0.4, 0.5) is 45.5 Å². The van der Waals surface area contributed by atoms with Gasteiger partial charge in [-0.2, -0.15) is 0 Å². The van der Waals surface area contributed by atoms with Crippen molar-refractivity contribution in [3.8, 4) is 0 Å². The summed E-state index contributed by atoms with van der Waals surface area (Å²) in [4.78, 5) is 115. The van der Waals surface area contributed by atoms with E-state index in [0.29, 0.717) is 63.3 Å². The third kappa shape index (κ3) is 15.7. The van der Waals surface area contributed by atoms with Gasteiger partial charge in [-0.15, -0.1) is 12.4 Å². The van der Waals surface area contributed by atoms with E-state index in [1.54, 1.807) is 145 Å². The van der Waals surface area contributed by atoms with E-state index in [0.717, 1.165) is 13.0 Å². The fraction of sp³-hybridized carbons (Fsp3) is 0.268. The zero-order valence-electron chi connectivity index (χ0n) is 48.4. The quantitative estimate of drug-likeness (QED) is 0.0451. The Bertz CT molecular complexity index is 3860. The number of nitrogens with two attached hydrogens (primary N) is 1. The number of aliphatic hydroxyl groups is 2. The summed E-state index contributed by atoms with van der Waals surface area (Å²) in [5.74, 6) is -3.69. The molecule has 7 amide bonds. The van der Waals surface area contributed by atoms with Gasteiger partial charge in [0.25, 0.3) is 35.4 Å². The van der Waals surface area contributed by atoms with Gasteiger partial charge in [0.1, 0.15) is 47.4 Å². The number of Topliss-reactive ketones (excluding diaryl/α,β-unsaturated/α-hetero) is 2. The number of hydrogen-bond donors (Lipinski definition) is 10. The summed E-state index contributed by atoms with van der Waals surface area (Å²) >= 11 is 0. The van der Waals surface area contributed by atoms with Gasteiger partial charge in [0.2, 0.25) is 17.5 Å². The molecule has 0 aliphatic rings. The summed E-state index contributed by atoms with van der Waals surface area (Å²) in [6.45, 7) is -0.485. The fourth-order valence-electron chi connectivity index (χ4n) is 9.04. The van der Waals surface area contributed by atoms with E-state index >= 15 is 0 Å². The molecule has 450 valence electrons. The van der Waals surface area contributed by atoms with E-state index in [2.05, 4.69) is 37.2 Å². The van der Waals surface area contributed by atoms with Crippen molar-refractivity contribution in [3.63, 3.8) is 0 Å². The molecule has 0 atom stereocenters. The standard InChI is InChI=1S/C31H39N9O6.C25H28N8O5.ClH/c1-36(2)9-7-8-28(43)32-19-11-24(38(4)14-19)29(44)34-21-13-26(40(6)16-21)31(46)35-22-12-25(39(5)17-22)30(45)33-20-10-23(27(42)18-41)37(3)15-20;1-30-9-14(26)5-19(30)23(36)28-16-7-21(32(3)11-16)25(38)29-17-8-20(33(4)12-17)24(37)27-15-6-18(22(35)13-34)31(2)10-15;/h10-17,41H,7-9,18H2,1-6H3,(H,32,43)(H,33,45)(H,34,44)(H,35,46);5-12,34H,13,26H2,1-4H3,(H,27,37)(H,28,36)(H,29,38);1H. The number of amides is 7. The van der Waals surface area contributed by atoms with Gasteiger partial charge in [-0.3, -0.25) is 43.2 Å². The summed E-state index contributed by atoms with van der Waals surface area (Å²) in [5, 5.41) is 37.5. The first-order valence-corrected chi connectivity index (χ1v) is 25.9. The van der Waals surface area contributed by atoms with Gasteiger partial charge in [-0.05, 0) is 75.6 Å². The van der Waals surface area contributed by atoms with Gasteiger partial charge in [0, 0.05) is 112 Å². The number of nitrogen functional groups attached to an aromatic ring is 1. The van der Waals surface area contributed by atoms with E-state index in [1.165, 1.54) is 45.5 Å². The fourth-order valence-corrected chi connectivity index (χ4v) is 9.04. The van der Waals surface area contributed by atoms with Gasteiger partial charge in [0.05, 0.1) is 56.9 Å². The maximum Gasteiger partial charge on any atom is 0.272 e. The molecular weight excluding hydrogens is 1120 g/mol. The second kappa shape index (κ2) is 27.3. The lowest BCUT2D eigenvalue weighted by atomic mass is 10.3. The lowest BCUT2D eigenvalue weighted by Gasteiger charge is -2.08. The molecule has 0 saturated heterocycles. The molecule has 8 aromatic rings. The van der Waals surface area contributed by atoms with Crippen molar-refractivity contribution in [1.82, 2.24) is 41.4 Å². The number of carbonyl (C=O) groups is 9. The molecule has 11 N–H and O–H groups in total. The average molecular weight is 1190 g/mol. The van der Waals surface area contributed by atoms with Crippen LogP contribution in [0.15, 0.2) is 98.1 Å². The maximum atomic E-state index is 13.1. The topological polar surface area (TPSA) is 347 Å². The van der Waals surface area contributed by atoms with Crippen LogP contribution >= 0.6 is 12.4 Å². The molecule has 8 aromatic heterocycles. The molecule has 0 radical (unpaired) electrons. The largest absolute Gasteiger partial charge is 0.397 e. The zero-order valence-corrected chi connectivity index (χ0v) is 49.2. The number of anilines is 8. The molecule has 0 unspecified atom stereocenters. The number of hydrogen-bond acceptors (Lipinski definition) is 13. The van der Waals surface area contributed by atoms with Crippen molar-refractivity contribution in [1.29, 1.82) is 0 Å². The van der Waals surface area contributed by atoms with Crippen LogP contribution in [0.2, 0.25) is 0 Å². The highest BCUT2D eigenvalue weighted by Gasteiger charge is 2.23. The molecule has 0 spiro atoms. The van der Waals surface area contributed by atoms with Crippen LogP contribution in [0.3, 0.4) is 0 Å². The van der Waals surface area contributed by atoms with Gasteiger partial charge in [-0.1, -0.05) is 0 Å². The number of rotatable bonds is 21. The van der Waals surface area contributed by atoms with Crippen LogP contribution in [0.25, 0.3) is 0 Å². The summed E-state index contributed by atoms with van der Waals surface area (Å²) in [6, 6.07) is 12.2. The normalized spacial score (nSPS) is 10.8. The van der Waals surface area contributed by atoms with E-state index in [-0.39, 0.29) is 58.4 Å². The number of ketones is 2. The van der Waals surface area contributed by atoms with E-state index < -0.39 is 54.3 Å². The Hall–Kier alpha value is -10.2. The maximum absolute atomic E-state index is 13.1. The molecule has 0 aromatic carbocycles. The van der Waals surface area contributed by atoms with Crippen LogP contribution in [0.5, 0.6) is 0 Å². The lowest BCUT2D eigenvalue weighted by molar-refractivity contribution is -0.116. The lowest BCUT2D eigenvalue weighted by Crippen LogP contribution is -2.17. The minimum atomic E-state index is -0.645. The van der Waals surface area contributed by atoms with Crippen molar-refractivity contribution < 1.29 is 53.4 Å². The first-order valence-electron chi connectivity index (χ1n) is 25.9. The number of aliphatic hydroxyl groups excluding tert-OH is 2. The Kier molecular flexibility index (Phi) is 20.5. The predicted molar refractivity (Wildman–Crippen MR) is 322 cm³/mol. The Morgan fingerprint density at radius 1 is 0.376 bits per heavy atom. The molecule has 0 saturated carbocycles. The molecule has 0 aliphatic heterocycles. The summed E-state index contributed by atoms with van der Waals surface area (Å²) in [7, 11) is 17.2. The van der Waals surface area contributed by atoms with Crippen molar-refractivity contribution in [2.45, 2.75) is 12.8 Å². The Morgan fingerprint density at radius 3 is 0.835 bits per heavy atom. The molecule has 28 nitrogen and oxygen atoms in total. The van der Waals surface area contributed by atoms with E-state index in [4.69, 9.17) is 15.9 Å². The second-order valence-electron chi connectivity index (χ2n) is 20.2. The minimum absolute atomic E-state index is 0. The van der Waals surface area contributed by atoms with Crippen LogP contribution < -0.4 is 43.0 Å². The van der Waals surface area contributed by atoms with Crippen LogP contribution in [0.1, 0.15) is 96.7 Å². The second-order valence-corrected chi connectivity index (χ2v) is 20.2. The number of carbonyl (C=O) groups excluding carboxylic acids is 9. The van der Waals surface area contributed by atoms with Gasteiger partial charge in [0.15, 0.2) is 0 Å². The van der Waals surface area contributed by atoms with Crippen molar-refractivity contribution in [3.05, 3.63) is 144 Å². The smallest absolute Gasteiger partial charge is 0.272 e. The molecule has 85 heavy (non-hydrogen) atoms. The van der Waals surface area contributed by atoms with Crippen LogP contribution in [-0.4, -0.2) is 138 Å². The number of nitrogens with one attached hydrogen (secondary N) is 7. The zero-order chi connectivity index (χ0) is 61.4. The molecule has 0 aliphatic carbocycles. The van der Waals surface area contributed by atoms with Gasteiger partial charge in [-0.25, -0.2) is 0 Å². The highest BCUT2D eigenvalue weighted by Crippen LogP contribution is 2.24. The SMILES string of the molecule is CN(C)CCCC(=O)Nc1cc(C(=O)Nc2cc(C(=O)Nc3cc(C(=O)Nc4cc(C(=O)CO)n(C)c4)n(C)c3)n(C)c2)n(C)c1.Cl.Cn1cc(NC(=O)c2cc(NC(=O)c3cc(NC(=O)c4cc(N)cn4C)cn3C)cn2C)cc1C(=O)CO. The first-order chi connectivity index (χ1) is 39.7. The number of aromatic nitrogens is 8. The van der Waals surface area contributed by atoms with E-state index in [1.807, 2.05) is 19.0 Å². The molecule has 0 bridgehead atoms. The van der Waals surface area contributed by atoms with Gasteiger partial charge >= 0.3 is 0 Å².